The van der Waals surface area contributed by atoms with Crippen LogP contribution < -0.4 is 5.32 Å². The van der Waals surface area contributed by atoms with Crippen molar-refractivity contribution >= 4 is 11.3 Å². The van der Waals surface area contributed by atoms with E-state index in [0.29, 0.717) is 0 Å². The molecule has 1 unspecified atom stereocenters. The Balaban J connectivity index is 1.74. The molecular formula is C14H25N3S. The Morgan fingerprint density at radius 3 is 3.22 bits per heavy atom. The summed E-state index contributed by atoms with van der Waals surface area (Å²) < 4.78 is 0. The first-order valence-corrected chi connectivity index (χ1v) is 8.02. The molecular weight excluding hydrogens is 242 g/mol. The number of nitrogens with zero attached hydrogens (tertiary/aromatic N) is 2. The highest BCUT2D eigenvalue weighted by molar-refractivity contribution is 7.09. The molecule has 3 nitrogen and oxygen atoms in total. The van der Waals surface area contributed by atoms with E-state index < -0.39 is 0 Å². The lowest BCUT2D eigenvalue weighted by molar-refractivity contribution is 0.186. The van der Waals surface area contributed by atoms with Gasteiger partial charge in [-0.25, -0.2) is 4.98 Å². The smallest absolute Gasteiger partial charge is 0.0941 e. The third kappa shape index (κ3) is 4.34. The van der Waals surface area contributed by atoms with Crippen molar-refractivity contribution in [2.45, 2.75) is 39.7 Å². The first-order valence-electron chi connectivity index (χ1n) is 7.14. The molecule has 0 radical (unpaired) electrons. The van der Waals surface area contributed by atoms with Gasteiger partial charge in [-0.1, -0.05) is 13.8 Å². The maximum atomic E-state index is 4.68. The fraction of sp³-hybridized carbons (Fsp3) is 0.786. The van der Waals surface area contributed by atoms with E-state index in [-0.39, 0.29) is 0 Å². The molecule has 0 amide bonds. The van der Waals surface area contributed by atoms with Gasteiger partial charge in [0, 0.05) is 31.4 Å². The summed E-state index contributed by atoms with van der Waals surface area (Å²) in [6.45, 7) is 10.1. The van der Waals surface area contributed by atoms with Gasteiger partial charge < -0.3 is 10.2 Å². The van der Waals surface area contributed by atoms with E-state index in [1.54, 1.807) is 0 Å². The van der Waals surface area contributed by atoms with Crippen molar-refractivity contribution in [3.63, 3.8) is 0 Å². The zero-order valence-corrected chi connectivity index (χ0v) is 12.4. The number of hydrogen-bond acceptors (Lipinski definition) is 4. The summed E-state index contributed by atoms with van der Waals surface area (Å²) >= 11 is 1.81. The van der Waals surface area contributed by atoms with Crippen LogP contribution in [0.3, 0.4) is 0 Å². The minimum absolute atomic E-state index is 0.874. The van der Waals surface area contributed by atoms with Gasteiger partial charge >= 0.3 is 0 Å². The minimum atomic E-state index is 0.874. The molecule has 4 heteroatoms. The standard InChI is InChI=1S/C14H25N3S/c1-3-15-9-13-11-18-14(16-13)6-8-17-7-4-5-12(2)10-17/h11-12,15H,3-10H2,1-2H3. The van der Waals surface area contributed by atoms with E-state index in [1.165, 1.54) is 43.2 Å². The molecule has 0 aliphatic carbocycles. The van der Waals surface area contributed by atoms with Crippen molar-refractivity contribution in [3.05, 3.63) is 16.1 Å². The van der Waals surface area contributed by atoms with Crippen LogP contribution in [0.15, 0.2) is 5.38 Å². The molecule has 1 saturated heterocycles. The normalized spacial score (nSPS) is 21.3. The van der Waals surface area contributed by atoms with Crippen LogP contribution in [0.1, 0.15) is 37.4 Å². The van der Waals surface area contributed by atoms with E-state index >= 15 is 0 Å². The van der Waals surface area contributed by atoms with Gasteiger partial charge in [0.1, 0.15) is 0 Å². The zero-order valence-electron chi connectivity index (χ0n) is 11.6. The van der Waals surface area contributed by atoms with Crippen molar-refractivity contribution in [1.29, 1.82) is 0 Å². The zero-order chi connectivity index (χ0) is 12.8. The van der Waals surface area contributed by atoms with Crippen LogP contribution in [0, 0.1) is 5.92 Å². The lowest BCUT2D eigenvalue weighted by atomic mass is 10.0. The number of rotatable bonds is 6. The Labute approximate surface area is 115 Å². The van der Waals surface area contributed by atoms with Gasteiger partial charge in [-0.3, -0.25) is 0 Å². The Morgan fingerprint density at radius 1 is 1.56 bits per heavy atom. The van der Waals surface area contributed by atoms with Crippen LogP contribution in [0.2, 0.25) is 0 Å². The molecule has 1 aromatic rings. The summed E-state index contributed by atoms with van der Waals surface area (Å²) in [5, 5.41) is 6.81. The molecule has 1 fully saturated rings. The molecule has 2 rings (SSSR count). The Morgan fingerprint density at radius 2 is 2.44 bits per heavy atom. The Bertz CT molecular complexity index is 351. The number of hydrogen-bond donors (Lipinski definition) is 1. The molecule has 2 heterocycles. The van der Waals surface area contributed by atoms with E-state index in [4.69, 9.17) is 0 Å². The topological polar surface area (TPSA) is 28.2 Å². The molecule has 1 aromatic heterocycles. The molecule has 0 bridgehead atoms. The van der Waals surface area contributed by atoms with Crippen LogP contribution in [-0.2, 0) is 13.0 Å². The highest BCUT2D eigenvalue weighted by Gasteiger charge is 2.16. The predicted octanol–water partition coefficient (Wildman–Crippen LogP) is 2.53. The molecule has 1 aliphatic heterocycles. The van der Waals surface area contributed by atoms with Gasteiger partial charge in [0.05, 0.1) is 10.7 Å². The van der Waals surface area contributed by atoms with Crippen molar-refractivity contribution in [2.24, 2.45) is 5.92 Å². The monoisotopic (exact) mass is 267 g/mol. The summed E-state index contributed by atoms with van der Waals surface area (Å²) in [7, 11) is 0. The average Bonchev–Trinajstić information content (AvgIpc) is 2.82. The molecule has 1 N–H and O–H groups in total. The average molecular weight is 267 g/mol. The van der Waals surface area contributed by atoms with Crippen molar-refractivity contribution in [1.82, 2.24) is 15.2 Å². The van der Waals surface area contributed by atoms with Gasteiger partial charge in [0.25, 0.3) is 0 Å². The second-order valence-electron chi connectivity index (χ2n) is 5.31. The number of piperidine rings is 1. The number of thiazole rings is 1. The molecule has 0 aromatic carbocycles. The van der Waals surface area contributed by atoms with Gasteiger partial charge in [0.2, 0.25) is 0 Å². The number of nitrogens with one attached hydrogen (secondary N) is 1. The number of aromatic nitrogens is 1. The van der Waals surface area contributed by atoms with Gasteiger partial charge in [-0.2, -0.15) is 0 Å². The molecule has 0 spiro atoms. The SMILES string of the molecule is CCNCc1csc(CCN2CCCC(C)C2)n1. The van der Waals surface area contributed by atoms with Gasteiger partial charge in [-0.05, 0) is 31.8 Å². The molecule has 18 heavy (non-hydrogen) atoms. The maximum absolute atomic E-state index is 4.68. The van der Waals surface area contributed by atoms with Crippen LogP contribution in [-0.4, -0.2) is 36.1 Å². The Kier molecular flexibility index (Phi) is 5.60. The fourth-order valence-corrected chi connectivity index (χ4v) is 3.33. The molecule has 1 atom stereocenters. The van der Waals surface area contributed by atoms with Crippen molar-refractivity contribution in [3.8, 4) is 0 Å². The van der Waals surface area contributed by atoms with Gasteiger partial charge in [-0.15, -0.1) is 11.3 Å². The lowest BCUT2D eigenvalue weighted by Gasteiger charge is -2.30. The first kappa shape index (κ1) is 14.0. The first-order chi connectivity index (χ1) is 8.78. The van der Waals surface area contributed by atoms with Crippen LogP contribution in [0.4, 0.5) is 0 Å². The van der Waals surface area contributed by atoms with E-state index in [2.05, 4.69) is 34.4 Å². The Hall–Kier alpha value is -0.450. The lowest BCUT2D eigenvalue weighted by Crippen LogP contribution is -2.35. The summed E-state index contributed by atoms with van der Waals surface area (Å²) in [5.41, 5.74) is 1.20. The maximum Gasteiger partial charge on any atom is 0.0941 e. The highest BCUT2D eigenvalue weighted by Crippen LogP contribution is 2.17. The number of likely N-dealkylation sites (tertiary alicyclic amines) is 1. The van der Waals surface area contributed by atoms with E-state index in [0.717, 1.165) is 25.4 Å². The van der Waals surface area contributed by atoms with Crippen LogP contribution >= 0.6 is 11.3 Å². The second kappa shape index (κ2) is 7.22. The third-order valence-corrected chi connectivity index (χ3v) is 4.50. The summed E-state index contributed by atoms with van der Waals surface area (Å²) in [4.78, 5) is 7.28. The van der Waals surface area contributed by atoms with Crippen LogP contribution in [0.5, 0.6) is 0 Å². The van der Waals surface area contributed by atoms with E-state index in [9.17, 15) is 0 Å². The summed E-state index contributed by atoms with van der Waals surface area (Å²) in [6.07, 6.45) is 3.88. The molecule has 0 saturated carbocycles. The fourth-order valence-electron chi connectivity index (χ4n) is 2.54. The second-order valence-corrected chi connectivity index (χ2v) is 6.25. The largest absolute Gasteiger partial charge is 0.311 e. The van der Waals surface area contributed by atoms with Crippen LogP contribution in [0.25, 0.3) is 0 Å². The van der Waals surface area contributed by atoms with Crippen molar-refractivity contribution in [2.75, 3.05) is 26.2 Å². The third-order valence-electron chi connectivity index (χ3n) is 3.54. The quantitative estimate of drug-likeness (QED) is 0.858. The highest BCUT2D eigenvalue weighted by atomic mass is 32.1. The molecule has 1 aliphatic rings. The predicted molar refractivity (Wildman–Crippen MR) is 78.0 cm³/mol. The van der Waals surface area contributed by atoms with Gasteiger partial charge in [0.15, 0.2) is 0 Å². The summed E-state index contributed by atoms with van der Waals surface area (Å²) in [5.74, 6) is 0.874. The van der Waals surface area contributed by atoms with Crippen molar-refractivity contribution < 1.29 is 0 Å². The minimum Gasteiger partial charge on any atom is -0.311 e. The summed E-state index contributed by atoms with van der Waals surface area (Å²) in [6, 6.07) is 0. The molecule has 102 valence electrons. The van der Waals surface area contributed by atoms with E-state index in [1.807, 2.05) is 11.3 Å².